The lowest BCUT2D eigenvalue weighted by Gasteiger charge is -2.42. The van der Waals surface area contributed by atoms with E-state index < -0.39 is 5.60 Å². The van der Waals surface area contributed by atoms with Gasteiger partial charge in [-0.3, -0.25) is 4.79 Å². The average molecular weight is 298 g/mol. The van der Waals surface area contributed by atoms with Gasteiger partial charge in [0.1, 0.15) is 5.75 Å². The Bertz CT molecular complexity index is 516. The van der Waals surface area contributed by atoms with Gasteiger partial charge in [0.05, 0.1) is 23.1 Å². The largest absolute Gasteiger partial charge is 0.507 e. The van der Waals surface area contributed by atoms with Crippen molar-refractivity contribution in [1.29, 1.82) is 0 Å². The number of ether oxygens (including phenoxy) is 1. The minimum absolute atomic E-state index is 0.00678. The lowest BCUT2D eigenvalue weighted by molar-refractivity contribution is -0.117. The Hall–Kier alpha value is -1.26. The Balaban J connectivity index is 2.25. The van der Waals surface area contributed by atoms with Gasteiger partial charge in [-0.05, 0) is 32.9 Å². The summed E-state index contributed by atoms with van der Waals surface area (Å²) in [5, 5.41) is 9.88. The molecular formula is C15H20ClNO3. The topological polar surface area (TPSA) is 49.8 Å². The summed E-state index contributed by atoms with van der Waals surface area (Å²) in [6, 6.07) is 5.03. The minimum Gasteiger partial charge on any atom is -0.507 e. The molecule has 1 aromatic rings. The summed E-state index contributed by atoms with van der Waals surface area (Å²) >= 11 is 5.87. The lowest BCUT2D eigenvalue weighted by Crippen LogP contribution is -2.55. The molecule has 1 saturated heterocycles. The normalized spacial score (nSPS) is 21.8. The van der Waals surface area contributed by atoms with Crippen molar-refractivity contribution in [3.8, 4) is 5.75 Å². The van der Waals surface area contributed by atoms with E-state index >= 15 is 0 Å². The van der Waals surface area contributed by atoms with Crippen LogP contribution in [0.5, 0.6) is 5.75 Å². The highest BCUT2D eigenvalue weighted by Gasteiger charge is 2.36. The number of halogens is 1. The number of phenolic OH excluding ortho intramolecular Hbond substituents is 1. The van der Waals surface area contributed by atoms with Gasteiger partial charge in [0.15, 0.2) is 0 Å². The van der Waals surface area contributed by atoms with Crippen molar-refractivity contribution >= 4 is 17.5 Å². The second kappa shape index (κ2) is 5.62. The number of rotatable bonds is 2. The number of carbonyl (C=O) groups excluding carboxylic acids is 1. The van der Waals surface area contributed by atoms with E-state index in [2.05, 4.69) is 0 Å². The first-order chi connectivity index (χ1) is 9.32. The van der Waals surface area contributed by atoms with E-state index in [1.54, 1.807) is 23.1 Å². The highest BCUT2D eigenvalue weighted by atomic mass is 35.5. The second-order valence-corrected chi connectivity index (χ2v) is 6.17. The van der Waals surface area contributed by atoms with Crippen LogP contribution < -0.4 is 0 Å². The molecule has 1 heterocycles. The molecule has 1 aliphatic rings. The van der Waals surface area contributed by atoms with Crippen molar-refractivity contribution < 1.29 is 14.6 Å². The number of benzene rings is 1. The highest BCUT2D eigenvalue weighted by Crippen LogP contribution is 2.26. The molecule has 4 nitrogen and oxygen atoms in total. The molecule has 1 aromatic carbocycles. The van der Waals surface area contributed by atoms with Crippen LogP contribution in [-0.2, 0) is 4.74 Å². The Morgan fingerprint density at radius 1 is 1.55 bits per heavy atom. The van der Waals surface area contributed by atoms with Crippen LogP contribution in [0.3, 0.4) is 0 Å². The third kappa shape index (κ3) is 3.25. The fraction of sp³-hybridized carbons (Fsp3) is 0.533. The SMILES string of the molecule is Cc1ccc(O)c(C(=O)N2CC(CCl)OC(C)(C)C2)c1. The number of carbonyl (C=O) groups is 1. The first-order valence-electron chi connectivity index (χ1n) is 6.65. The van der Waals surface area contributed by atoms with Crippen LogP contribution in [0.15, 0.2) is 18.2 Å². The Morgan fingerprint density at radius 3 is 2.90 bits per heavy atom. The maximum Gasteiger partial charge on any atom is 0.257 e. The van der Waals surface area contributed by atoms with Gasteiger partial charge in [-0.1, -0.05) is 11.6 Å². The molecule has 1 fully saturated rings. The number of hydrogen-bond donors (Lipinski definition) is 1. The van der Waals surface area contributed by atoms with Gasteiger partial charge in [-0.15, -0.1) is 11.6 Å². The van der Waals surface area contributed by atoms with Crippen LogP contribution in [0.1, 0.15) is 29.8 Å². The summed E-state index contributed by atoms with van der Waals surface area (Å²) in [7, 11) is 0. The number of phenols is 1. The molecule has 5 heteroatoms. The molecule has 1 unspecified atom stereocenters. The van der Waals surface area contributed by atoms with Crippen LogP contribution >= 0.6 is 11.6 Å². The Labute approximate surface area is 124 Å². The summed E-state index contributed by atoms with van der Waals surface area (Å²) in [4.78, 5) is 14.3. The molecule has 0 bridgehead atoms. The molecule has 1 amide bonds. The zero-order valence-corrected chi connectivity index (χ0v) is 12.8. The zero-order chi connectivity index (χ0) is 14.9. The van der Waals surface area contributed by atoms with Crippen LogP contribution in [0, 0.1) is 6.92 Å². The minimum atomic E-state index is -0.438. The third-order valence-corrected chi connectivity index (χ3v) is 3.67. The smallest absolute Gasteiger partial charge is 0.257 e. The molecule has 20 heavy (non-hydrogen) atoms. The molecule has 0 radical (unpaired) electrons. The molecule has 0 aromatic heterocycles. The van der Waals surface area contributed by atoms with Crippen molar-refractivity contribution in [3.05, 3.63) is 29.3 Å². The van der Waals surface area contributed by atoms with E-state index in [0.717, 1.165) is 5.56 Å². The van der Waals surface area contributed by atoms with E-state index in [4.69, 9.17) is 16.3 Å². The van der Waals surface area contributed by atoms with Crippen molar-refractivity contribution in [2.45, 2.75) is 32.5 Å². The first-order valence-corrected chi connectivity index (χ1v) is 7.18. The second-order valence-electron chi connectivity index (χ2n) is 5.86. The molecule has 1 aliphatic heterocycles. The van der Waals surface area contributed by atoms with E-state index in [1.807, 2.05) is 20.8 Å². The highest BCUT2D eigenvalue weighted by molar-refractivity contribution is 6.18. The number of aryl methyl sites for hydroxylation is 1. The number of amides is 1. The predicted octanol–water partition coefficient (Wildman–Crippen LogP) is 2.56. The molecule has 1 atom stereocenters. The summed E-state index contributed by atoms with van der Waals surface area (Å²) in [6.07, 6.45) is -0.184. The molecule has 2 rings (SSSR count). The van der Waals surface area contributed by atoms with Crippen LogP contribution in [-0.4, -0.2) is 46.6 Å². The maximum absolute atomic E-state index is 12.6. The molecular weight excluding hydrogens is 278 g/mol. The fourth-order valence-corrected chi connectivity index (χ4v) is 2.68. The van der Waals surface area contributed by atoms with E-state index in [0.29, 0.717) is 24.5 Å². The molecule has 0 spiro atoms. The Morgan fingerprint density at radius 2 is 2.25 bits per heavy atom. The number of morpholine rings is 1. The summed E-state index contributed by atoms with van der Waals surface area (Å²) in [5.41, 5.74) is 0.830. The number of nitrogens with zero attached hydrogens (tertiary/aromatic N) is 1. The van der Waals surface area contributed by atoms with Gasteiger partial charge >= 0.3 is 0 Å². The predicted molar refractivity (Wildman–Crippen MR) is 78.4 cm³/mol. The van der Waals surface area contributed by atoms with Crippen LogP contribution in [0.25, 0.3) is 0 Å². The quantitative estimate of drug-likeness (QED) is 0.854. The van der Waals surface area contributed by atoms with Crippen molar-refractivity contribution in [2.75, 3.05) is 19.0 Å². The number of hydrogen-bond acceptors (Lipinski definition) is 3. The standard InChI is InChI=1S/C15H20ClNO3/c1-10-4-5-13(18)12(6-10)14(19)17-8-11(7-16)20-15(2,3)9-17/h4-6,11,18H,7-9H2,1-3H3. The van der Waals surface area contributed by atoms with Gasteiger partial charge in [-0.25, -0.2) is 0 Å². The summed E-state index contributed by atoms with van der Waals surface area (Å²) in [6.45, 7) is 6.68. The monoisotopic (exact) mass is 297 g/mol. The van der Waals surface area contributed by atoms with Gasteiger partial charge in [0.2, 0.25) is 0 Å². The van der Waals surface area contributed by atoms with Crippen LogP contribution in [0.4, 0.5) is 0 Å². The van der Waals surface area contributed by atoms with Gasteiger partial charge < -0.3 is 14.7 Å². The van der Waals surface area contributed by atoms with Gasteiger partial charge in [0, 0.05) is 13.1 Å². The first kappa shape index (κ1) is 15.1. The Kier molecular flexibility index (Phi) is 4.25. The summed E-state index contributed by atoms with van der Waals surface area (Å²) < 4.78 is 5.80. The fourth-order valence-electron chi connectivity index (χ4n) is 2.52. The van der Waals surface area contributed by atoms with Gasteiger partial charge in [0.25, 0.3) is 5.91 Å². The third-order valence-electron chi connectivity index (χ3n) is 3.32. The van der Waals surface area contributed by atoms with Crippen molar-refractivity contribution in [3.63, 3.8) is 0 Å². The molecule has 1 N–H and O–H groups in total. The number of aromatic hydroxyl groups is 1. The summed E-state index contributed by atoms with van der Waals surface area (Å²) in [5.74, 6) is 0.164. The van der Waals surface area contributed by atoms with E-state index in [9.17, 15) is 9.90 Å². The lowest BCUT2D eigenvalue weighted by atomic mass is 10.0. The van der Waals surface area contributed by atoms with E-state index in [-0.39, 0.29) is 17.8 Å². The van der Waals surface area contributed by atoms with Crippen LogP contribution in [0.2, 0.25) is 0 Å². The van der Waals surface area contributed by atoms with Gasteiger partial charge in [-0.2, -0.15) is 0 Å². The maximum atomic E-state index is 12.6. The van der Waals surface area contributed by atoms with Crippen molar-refractivity contribution in [1.82, 2.24) is 4.90 Å². The average Bonchev–Trinajstić information content (AvgIpc) is 2.38. The van der Waals surface area contributed by atoms with Crippen molar-refractivity contribution in [2.24, 2.45) is 0 Å². The number of alkyl halides is 1. The molecule has 0 saturated carbocycles. The van der Waals surface area contributed by atoms with E-state index in [1.165, 1.54) is 0 Å². The zero-order valence-electron chi connectivity index (χ0n) is 12.0. The molecule has 0 aliphatic carbocycles. The molecule has 110 valence electrons.